The van der Waals surface area contributed by atoms with E-state index >= 15 is 0 Å². The Morgan fingerprint density at radius 2 is 1.76 bits per heavy atom. The van der Waals surface area contributed by atoms with Crippen molar-refractivity contribution >= 4 is 33.9 Å². The van der Waals surface area contributed by atoms with Crippen molar-refractivity contribution in [3.63, 3.8) is 0 Å². The molecule has 1 amide bonds. The number of amides is 1. The Hall–Kier alpha value is -2.40. The first kappa shape index (κ1) is 15.0. The molecule has 0 aromatic heterocycles. The number of carbonyl (C=O) groups is 2. The number of hydrogen-bond donors (Lipinski definition) is 1. The van der Waals surface area contributed by atoms with E-state index in [0.717, 1.165) is 4.47 Å². The average Bonchev–Trinajstić information content (AvgIpc) is 2.47. The fourth-order valence-electron chi connectivity index (χ4n) is 1.69. The monoisotopic (exact) mass is 344 g/mol. The summed E-state index contributed by atoms with van der Waals surface area (Å²) >= 11 is 3.26. The summed E-state index contributed by atoms with van der Waals surface area (Å²) in [6.45, 7) is 0. The SMILES string of the molecule is O=C([O-])/C(=C\c1ccccc1)NC(=O)c1cccc(Br)c1. The van der Waals surface area contributed by atoms with Gasteiger partial charge in [0.05, 0.1) is 11.7 Å². The molecule has 0 unspecified atom stereocenters. The lowest BCUT2D eigenvalue weighted by Crippen LogP contribution is -2.35. The number of aliphatic carboxylic acids is 1. The van der Waals surface area contributed by atoms with Gasteiger partial charge in [-0.2, -0.15) is 0 Å². The number of carboxylic acid groups (broad SMARTS) is 1. The molecule has 0 aliphatic rings. The van der Waals surface area contributed by atoms with Gasteiger partial charge in [-0.1, -0.05) is 52.3 Å². The van der Waals surface area contributed by atoms with Crippen molar-refractivity contribution in [2.24, 2.45) is 0 Å². The van der Waals surface area contributed by atoms with E-state index in [-0.39, 0.29) is 5.70 Å². The van der Waals surface area contributed by atoms with E-state index in [4.69, 9.17) is 0 Å². The molecule has 2 aromatic carbocycles. The minimum atomic E-state index is -1.44. The number of hydrogen-bond acceptors (Lipinski definition) is 3. The van der Waals surface area contributed by atoms with E-state index < -0.39 is 11.9 Å². The highest BCUT2D eigenvalue weighted by Gasteiger charge is 2.09. The predicted molar refractivity (Wildman–Crippen MR) is 81.0 cm³/mol. The van der Waals surface area contributed by atoms with E-state index in [0.29, 0.717) is 11.1 Å². The van der Waals surface area contributed by atoms with Crippen LogP contribution in [-0.2, 0) is 4.79 Å². The van der Waals surface area contributed by atoms with Crippen LogP contribution in [0.1, 0.15) is 15.9 Å². The summed E-state index contributed by atoms with van der Waals surface area (Å²) in [5, 5.41) is 13.5. The van der Waals surface area contributed by atoms with Crippen LogP contribution in [0.25, 0.3) is 6.08 Å². The van der Waals surface area contributed by atoms with Gasteiger partial charge in [-0.15, -0.1) is 0 Å². The third-order valence-electron chi connectivity index (χ3n) is 2.67. The fourth-order valence-corrected chi connectivity index (χ4v) is 2.09. The number of nitrogens with one attached hydrogen (secondary N) is 1. The molecule has 0 heterocycles. The second-order valence-electron chi connectivity index (χ2n) is 4.22. The van der Waals surface area contributed by atoms with Crippen LogP contribution >= 0.6 is 15.9 Å². The van der Waals surface area contributed by atoms with Crippen molar-refractivity contribution in [3.8, 4) is 0 Å². The Morgan fingerprint density at radius 3 is 2.38 bits per heavy atom. The molecule has 1 N–H and O–H groups in total. The molecule has 0 spiro atoms. The minimum Gasteiger partial charge on any atom is -0.543 e. The minimum absolute atomic E-state index is 0.286. The maximum atomic E-state index is 12.0. The smallest absolute Gasteiger partial charge is 0.255 e. The summed E-state index contributed by atoms with van der Waals surface area (Å²) in [6, 6.07) is 15.5. The summed E-state index contributed by atoms with van der Waals surface area (Å²) in [6.07, 6.45) is 1.35. The predicted octanol–water partition coefficient (Wildman–Crippen LogP) is 1.97. The van der Waals surface area contributed by atoms with Crippen LogP contribution in [-0.4, -0.2) is 11.9 Å². The molecular formula is C16H11BrNO3-. The van der Waals surface area contributed by atoms with Crippen molar-refractivity contribution < 1.29 is 14.7 Å². The molecule has 0 saturated carbocycles. The Bertz CT molecular complexity index is 696. The Labute approximate surface area is 130 Å². The van der Waals surface area contributed by atoms with Gasteiger partial charge >= 0.3 is 0 Å². The molecule has 0 bridgehead atoms. The molecule has 5 heteroatoms. The van der Waals surface area contributed by atoms with Gasteiger partial charge in [0.15, 0.2) is 0 Å². The van der Waals surface area contributed by atoms with Crippen LogP contribution in [0, 0.1) is 0 Å². The zero-order valence-corrected chi connectivity index (χ0v) is 12.5. The summed E-state index contributed by atoms with van der Waals surface area (Å²) < 4.78 is 0.734. The first-order chi connectivity index (χ1) is 10.1. The molecule has 0 radical (unpaired) electrons. The van der Waals surface area contributed by atoms with E-state index in [2.05, 4.69) is 21.2 Å². The number of benzene rings is 2. The lowest BCUT2D eigenvalue weighted by atomic mass is 10.1. The average molecular weight is 345 g/mol. The van der Waals surface area contributed by atoms with Crippen LogP contribution in [0.4, 0.5) is 0 Å². The number of carboxylic acids is 1. The van der Waals surface area contributed by atoms with E-state index in [1.54, 1.807) is 48.5 Å². The molecule has 0 atom stereocenters. The van der Waals surface area contributed by atoms with Crippen molar-refractivity contribution in [1.82, 2.24) is 5.32 Å². The molecule has 2 aromatic rings. The van der Waals surface area contributed by atoms with Crippen LogP contribution < -0.4 is 10.4 Å². The number of rotatable bonds is 4. The highest BCUT2D eigenvalue weighted by atomic mass is 79.9. The zero-order chi connectivity index (χ0) is 15.2. The number of halogens is 1. The highest BCUT2D eigenvalue weighted by molar-refractivity contribution is 9.10. The molecule has 106 valence electrons. The van der Waals surface area contributed by atoms with Gasteiger partial charge < -0.3 is 15.2 Å². The fraction of sp³-hybridized carbons (Fsp3) is 0. The highest BCUT2D eigenvalue weighted by Crippen LogP contribution is 2.12. The Morgan fingerprint density at radius 1 is 1.05 bits per heavy atom. The molecule has 0 aliphatic carbocycles. The van der Waals surface area contributed by atoms with Gasteiger partial charge in [0.25, 0.3) is 5.91 Å². The van der Waals surface area contributed by atoms with Crippen molar-refractivity contribution in [2.45, 2.75) is 0 Å². The Kier molecular flexibility index (Phi) is 4.90. The second-order valence-corrected chi connectivity index (χ2v) is 5.14. The van der Waals surface area contributed by atoms with E-state index in [1.807, 2.05) is 6.07 Å². The second kappa shape index (κ2) is 6.85. The molecule has 0 saturated heterocycles. The maximum Gasteiger partial charge on any atom is 0.255 e. The largest absolute Gasteiger partial charge is 0.543 e. The molecule has 0 fully saturated rings. The van der Waals surface area contributed by atoms with E-state index in [9.17, 15) is 14.7 Å². The third-order valence-corrected chi connectivity index (χ3v) is 3.16. The summed E-state index contributed by atoms with van der Waals surface area (Å²) in [7, 11) is 0. The zero-order valence-electron chi connectivity index (χ0n) is 10.9. The van der Waals surface area contributed by atoms with Crippen LogP contribution in [0.2, 0.25) is 0 Å². The normalized spacial score (nSPS) is 11.0. The summed E-state index contributed by atoms with van der Waals surface area (Å²) in [5.74, 6) is -1.95. The maximum absolute atomic E-state index is 12.0. The van der Waals surface area contributed by atoms with Crippen LogP contribution in [0.15, 0.2) is 64.8 Å². The first-order valence-electron chi connectivity index (χ1n) is 6.11. The molecule has 0 aliphatic heterocycles. The summed E-state index contributed by atoms with van der Waals surface area (Å²) in [5.41, 5.74) is 0.724. The third kappa shape index (κ3) is 4.29. The number of carbonyl (C=O) groups excluding carboxylic acids is 2. The first-order valence-corrected chi connectivity index (χ1v) is 6.90. The van der Waals surface area contributed by atoms with E-state index in [1.165, 1.54) is 6.08 Å². The Balaban J connectivity index is 2.23. The molecular weight excluding hydrogens is 334 g/mol. The van der Waals surface area contributed by atoms with Crippen LogP contribution in [0.3, 0.4) is 0 Å². The van der Waals surface area contributed by atoms with Gasteiger partial charge in [0.1, 0.15) is 0 Å². The molecule has 2 rings (SSSR count). The molecule has 21 heavy (non-hydrogen) atoms. The quantitative estimate of drug-likeness (QED) is 0.862. The summed E-state index contributed by atoms with van der Waals surface area (Å²) in [4.78, 5) is 23.2. The molecule has 4 nitrogen and oxygen atoms in total. The van der Waals surface area contributed by atoms with Crippen molar-refractivity contribution in [2.75, 3.05) is 0 Å². The van der Waals surface area contributed by atoms with Gasteiger partial charge in [-0.25, -0.2) is 0 Å². The topological polar surface area (TPSA) is 69.2 Å². The van der Waals surface area contributed by atoms with Gasteiger partial charge in [0.2, 0.25) is 0 Å². The van der Waals surface area contributed by atoms with Gasteiger partial charge in [-0.3, -0.25) is 4.79 Å². The van der Waals surface area contributed by atoms with Crippen molar-refractivity contribution in [1.29, 1.82) is 0 Å². The standard InChI is InChI=1S/C16H12BrNO3/c17-13-8-4-7-12(10-13)15(19)18-14(16(20)21)9-11-5-2-1-3-6-11/h1-10H,(H,18,19)(H,20,21)/p-1/b14-9+. The van der Waals surface area contributed by atoms with Gasteiger partial charge in [-0.05, 0) is 29.8 Å². The van der Waals surface area contributed by atoms with Gasteiger partial charge in [0, 0.05) is 10.0 Å². The van der Waals surface area contributed by atoms with Crippen molar-refractivity contribution in [3.05, 3.63) is 75.9 Å². The lowest BCUT2D eigenvalue weighted by Gasteiger charge is -2.11. The van der Waals surface area contributed by atoms with Crippen LogP contribution in [0.5, 0.6) is 0 Å². The lowest BCUT2D eigenvalue weighted by molar-refractivity contribution is -0.299.